The first kappa shape index (κ1) is 34.5. The van der Waals surface area contributed by atoms with Crippen molar-refractivity contribution < 1.29 is 14.6 Å². The Morgan fingerprint density at radius 2 is 1.41 bits per heavy atom. The SMILES string of the molecule is CCCCOc1ccc(C(=O)CC)cc1.O=c1[nH]cc(O)c2ccccc12.O=c1ccc(=O)[nH][nH]1.O=c1cnc2ccccc2[nH]1. The summed E-state index contributed by atoms with van der Waals surface area (Å²) in [6, 6.07) is 24.0. The molecule has 5 N–H and O–H groups in total. The highest BCUT2D eigenvalue weighted by Crippen LogP contribution is 2.19. The highest BCUT2D eigenvalue weighted by atomic mass is 16.5. The molecule has 0 amide bonds. The number of carbonyl (C=O) groups excluding carboxylic acids is 1. The molecule has 3 aromatic carbocycles. The molecule has 238 valence electrons. The molecule has 0 aliphatic heterocycles. The van der Waals surface area contributed by atoms with E-state index in [4.69, 9.17) is 4.74 Å². The molecule has 0 saturated carbocycles. The lowest BCUT2D eigenvalue weighted by atomic mass is 10.1. The van der Waals surface area contributed by atoms with Crippen LogP contribution in [0.2, 0.25) is 0 Å². The van der Waals surface area contributed by atoms with Gasteiger partial charge < -0.3 is 19.8 Å². The number of nitrogens with zero attached hydrogens (tertiary/aromatic N) is 1. The maximum Gasteiger partial charge on any atom is 0.266 e. The zero-order valence-corrected chi connectivity index (χ0v) is 25.4. The Morgan fingerprint density at radius 1 is 0.783 bits per heavy atom. The van der Waals surface area contributed by atoms with Gasteiger partial charge in [-0.05, 0) is 48.9 Å². The predicted molar refractivity (Wildman–Crippen MR) is 178 cm³/mol. The summed E-state index contributed by atoms with van der Waals surface area (Å²) in [5.74, 6) is 1.12. The number of aromatic amines is 4. The Kier molecular flexibility index (Phi) is 13.4. The van der Waals surface area contributed by atoms with Gasteiger partial charge in [-0.2, -0.15) is 0 Å². The fourth-order valence-corrected chi connectivity index (χ4v) is 3.81. The second-order valence-corrected chi connectivity index (χ2v) is 9.63. The van der Waals surface area contributed by atoms with E-state index in [1.54, 1.807) is 24.3 Å². The first-order valence-electron chi connectivity index (χ1n) is 14.5. The van der Waals surface area contributed by atoms with Gasteiger partial charge in [0.15, 0.2) is 5.78 Å². The quantitative estimate of drug-likeness (QED) is 0.130. The lowest BCUT2D eigenvalue weighted by Crippen LogP contribution is -2.14. The minimum atomic E-state index is -0.301. The number of ketones is 1. The summed E-state index contributed by atoms with van der Waals surface area (Å²) in [5, 5.41) is 14.6. The lowest BCUT2D eigenvalue weighted by Gasteiger charge is -2.05. The van der Waals surface area contributed by atoms with Crippen LogP contribution in [0.4, 0.5) is 0 Å². The maximum atomic E-state index is 11.3. The van der Waals surface area contributed by atoms with Crippen molar-refractivity contribution in [2.45, 2.75) is 33.1 Å². The smallest absolute Gasteiger partial charge is 0.266 e. The van der Waals surface area contributed by atoms with Crippen LogP contribution in [0.3, 0.4) is 0 Å². The van der Waals surface area contributed by atoms with Crippen LogP contribution in [0, 0.1) is 0 Å². The van der Waals surface area contributed by atoms with Crippen molar-refractivity contribution in [3.8, 4) is 11.5 Å². The van der Waals surface area contributed by atoms with E-state index < -0.39 is 0 Å². The van der Waals surface area contributed by atoms with E-state index in [0.29, 0.717) is 17.2 Å². The summed E-state index contributed by atoms with van der Waals surface area (Å²) in [4.78, 5) is 62.7. The molecule has 3 heterocycles. The number of Topliss-reactive ketones (excluding diaryl/α,β-unsaturated/α-hetero) is 1. The molecule has 12 nitrogen and oxygen atoms in total. The molecule has 0 unspecified atom stereocenters. The monoisotopic (exact) mass is 625 g/mol. The Balaban J connectivity index is 0.000000170. The Hall–Kier alpha value is -6.04. The second-order valence-electron chi connectivity index (χ2n) is 9.63. The minimum Gasteiger partial charge on any atom is -0.506 e. The summed E-state index contributed by atoms with van der Waals surface area (Å²) in [6.07, 6.45) is 5.32. The van der Waals surface area contributed by atoms with Crippen LogP contribution in [0.5, 0.6) is 11.5 Å². The molecule has 3 aromatic heterocycles. The molecular formula is C34H35N5O7. The Morgan fingerprint density at radius 3 is 2.02 bits per heavy atom. The number of hydrogen-bond acceptors (Lipinski definition) is 8. The summed E-state index contributed by atoms with van der Waals surface area (Å²) >= 11 is 0. The van der Waals surface area contributed by atoms with Crippen molar-refractivity contribution in [1.82, 2.24) is 25.1 Å². The van der Waals surface area contributed by atoms with Crippen LogP contribution < -0.4 is 27.0 Å². The van der Waals surface area contributed by atoms with E-state index in [2.05, 4.69) is 32.1 Å². The van der Waals surface area contributed by atoms with Gasteiger partial charge in [0.25, 0.3) is 22.2 Å². The van der Waals surface area contributed by atoms with Crippen LogP contribution in [0.1, 0.15) is 43.5 Å². The van der Waals surface area contributed by atoms with Crippen molar-refractivity contribution >= 4 is 27.6 Å². The summed E-state index contributed by atoms with van der Waals surface area (Å²) < 4.78 is 5.50. The molecule has 0 fully saturated rings. The van der Waals surface area contributed by atoms with Crippen LogP contribution in [0.25, 0.3) is 21.8 Å². The van der Waals surface area contributed by atoms with Gasteiger partial charge in [0, 0.05) is 35.7 Å². The molecule has 0 spiro atoms. The molecular weight excluding hydrogens is 590 g/mol. The number of carbonyl (C=O) groups is 1. The highest BCUT2D eigenvalue weighted by molar-refractivity contribution is 5.95. The van der Waals surface area contributed by atoms with E-state index in [1.807, 2.05) is 55.5 Å². The zero-order chi connectivity index (χ0) is 33.3. The third-order valence-electron chi connectivity index (χ3n) is 6.23. The maximum absolute atomic E-state index is 11.3. The third kappa shape index (κ3) is 10.9. The molecule has 0 aliphatic rings. The fraction of sp³-hybridized carbons (Fsp3) is 0.176. The average molecular weight is 626 g/mol. The van der Waals surface area contributed by atoms with Crippen molar-refractivity contribution in [2.75, 3.05) is 6.61 Å². The van der Waals surface area contributed by atoms with E-state index >= 15 is 0 Å². The number of unbranched alkanes of at least 4 members (excludes halogenated alkanes) is 1. The normalized spacial score (nSPS) is 9.96. The van der Waals surface area contributed by atoms with Gasteiger partial charge in [-0.25, -0.2) is 4.98 Å². The van der Waals surface area contributed by atoms with Crippen LogP contribution in [-0.4, -0.2) is 42.6 Å². The van der Waals surface area contributed by atoms with Gasteiger partial charge in [-0.3, -0.25) is 34.2 Å². The van der Waals surface area contributed by atoms with E-state index in [9.17, 15) is 29.1 Å². The van der Waals surface area contributed by atoms with Gasteiger partial charge in [0.2, 0.25) is 0 Å². The van der Waals surface area contributed by atoms with Crippen molar-refractivity contribution in [1.29, 1.82) is 0 Å². The molecule has 0 atom stereocenters. The molecule has 46 heavy (non-hydrogen) atoms. The number of hydrogen-bond donors (Lipinski definition) is 5. The lowest BCUT2D eigenvalue weighted by molar-refractivity contribution is 0.0988. The van der Waals surface area contributed by atoms with Crippen LogP contribution in [-0.2, 0) is 0 Å². The van der Waals surface area contributed by atoms with Crippen molar-refractivity contribution in [3.63, 3.8) is 0 Å². The number of pyridine rings is 1. The Bertz CT molecular complexity index is 2030. The first-order valence-corrected chi connectivity index (χ1v) is 14.5. The first-order chi connectivity index (χ1) is 22.2. The van der Waals surface area contributed by atoms with E-state index in [-0.39, 0.29) is 33.8 Å². The van der Waals surface area contributed by atoms with E-state index in [0.717, 1.165) is 41.8 Å². The number of H-pyrrole nitrogens is 4. The molecule has 0 radical (unpaired) electrons. The van der Waals surface area contributed by atoms with Crippen LogP contribution in [0.15, 0.2) is 117 Å². The molecule has 6 rings (SSSR count). The number of aromatic hydroxyl groups is 1. The highest BCUT2D eigenvalue weighted by Gasteiger charge is 2.02. The largest absolute Gasteiger partial charge is 0.506 e. The molecule has 0 saturated heterocycles. The number of para-hydroxylation sites is 2. The Labute approximate surface area is 262 Å². The van der Waals surface area contributed by atoms with Gasteiger partial charge in [-0.15, -0.1) is 0 Å². The molecule has 0 aliphatic carbocycles. The van der Waals surface area contributed by atoms with Gasteiger partial charge in [0.05, 0.1) is 29.2 Å². The number of nitrogens with one attached hydrogen (secondary N) is 4. The van der Waals surface area contributed by atoms with Crippen LogP contribution >= 0.6 is 0 Å². The topological polar surface area (TPSA) is 191 Å². The number of aromatic nitrogens is 5. The summed E-state index contributed by atoms with van der Waals surface area (Å²) in [7, 11) is 0. The molecule has 0 bridgehead atoms. The zero-order valence-electron chi connectivity index (χ0n) is 25.4. The van der Waals surface area contributed by atoms with E-state index in [1.165, 1.54) is 24.5 Å². The standard InChI is InChI=1S/C13H18O2.C9H7NO2.C8H6N2O.C4H4N2O2/c1-3-5-10-15-12-8-6-11(7-9-12)13(14)4-2;11-8-5-10-9(12)7-4-2-1-3-6(7)8;11-8-5-9-6-3-1-2-4-7(6)10-8;7-3-1-2-4(8)6-5-3/h6-9H,3-5,10H2,1-2H3;1-5,11H,(H,10,12);1-5H,(H,10,11);1-2H,(H,5,7)(H,6,8). The fourth-order valence-electron chi connectivity index (χ4n) is 3.81. The second kappa shape index (κ2) is 17.9. The number of ether oxygens (including phenoxy) is 1. The number of benzene rings is 3. The van der Waals surface area contributed by atoms with Gasteiger partial charge in [0.1, 0.15) is 11.5 Å². The van der Waals surface area contributed by atoms with Crippen molar-refractivity contribution in [2.24, 2.45) is 0 Å². The summed E-state index contributed by atoms with van der Waals surface area (Å²) in [6.45, 7) is 4.75. The third-order valence-corrected chi connectivity index (χ3v) is 6.23. The van der Waals surface area contributed by atoms with Gasteiger partial charge >= 0.3 is 0 Å². The number of rotatable bonds is 6. The predicted octanol–water partition coefficient (Wildman–Crippen LogP) is 4.68. The molecule has 12 heteroatoms. The molecule has 6 aromatic rings. The van der Waals surface area contributed by atoms with Gasteiger partial charge in [-0.1, -0.05) is 50.6 Å². The average Bonchev–Trinajstić information content (AvgIpc) is 3.09. The minimum absolute atomic E-state index is 0.102. The van der Waals surface area contributed by atoms with Crippen molar-refractivity contribution in [3.05, 3.63) is 144 Å². The summed E-state index contributed by atoms with van der Waals surface area (Å²) in [5.41, 5.74) is 1.41. The number of fused-ring (bicyclic) bond motifs is 2.